The maximum Gasteiger partial charge on any atom is 0.335 e. The highest BCUT2D eigenvalue weighted by atomic mass is 16.4. The number of carboxylic acids is 1. The lowest BCUT2D eigenvalue weighted by Crippen LogP contribution is -2.52. The average Bonchev–Trinajstić information content (AvgIpc) is 2.95. The first-order valence-electron chi connectivity index (χ1n) is 8.33. The molecule has 1 aromatic carbocycles. The number of aromatic carboxylic acids is 1. The summed E-state index contributed by atoms with van der Waals surface area (Å²) >= 11 is 0. The Morgan fingerprint density at radius 3 is 2.65 bits per heavy atom. The van der Waals surface area contributed by atoms with E-state index in [0.29, 0.717) is 18.8 Å². The molecule has 0 saturated carbocycles. The van der Waals surface area contributed by atoms with Crippen LogP contribution in [0.1, 0.15) is 39.3 Å². The zero-order valence-electron chi connectivity index (χ0n) is 14.6. The highest BCUT2D eigenvalue weighted by molar-refractivity contribution is 6.03. The van der Waals surface area contributed by atoms with Crippen LogP contribution >= 0.6 is 0 Å². The van der Waals surface area contributed by atoms with E-state index >= 15 is 0 Å². The Bertz CT molecular complexity index is 874. The monoisotopic (exact) mass is 356 g/mol. The summed E-state index contributed by atoms with van der Waals surface area (Å²) in [7, 11) is 1.77. The molecule has 0 radical (unpaired) electrons. The van der Waals surface area contributed by atoms with E-state index in [1.54, 1.807) is 16.6 Å². The molecule has 8 nitrogen and oxygen atoms in total. The number of nitrogens with one attached hydrogen (secondary N) is 1. The molecule has 2 aromatic rings. The molecule has 1 aromatic heterocycles. The van der Waals surface area contributed by atoms with Gasteiger partial charge in [0.05, 0.1) is 11.3 Å². The molecule has 2 N–H and O–H groups in total. The van der Waals surface area contributed by atoms with Gasteiger partial charge < -0.3 is 10.4 Å². The minimum Gasteiger partial charge on any atom is -0.478 e. The molecule has 136 valence electrons. The second-order valence-electron chi connectivity index (χ2n) is 6.31. The molecular formula is C18H20N4O4. The van der Waals surface area contributed by atoms with Gasteiger partial charge in [-0.15, -0.1) is 0 Å². The maximum absolute atomic E-state index is 12.8. The van der Waals surface area contributed by atoms with Crippen LogP contribution in [0.2, 0.25) is 0 Å². The molecule has 8 heteroatoms. The molecule has 1 atom stereocenters. The topological polar surface area (TPSA) is 105 Å². The van der Waals surface area contributed by atoms with Crippen molar-refractivity contribution in [2.24, 2.45) is 7.05 Å². The summed E-state index contributed by atoms with van der Waals surface area (Å²) < 4.78 is 1.65. The van der Waals surface area contributed by atoms with Crippen molar-refractivity contribution in [3.8, 4) is 0 Å². The molecule has 0 bridgehead atoms. The van der Waals surface area contributed by atoms with E-state index in [0.717, 1.165) is 12.1 Å². The van der Waals surface area contributed by atoms with Gasteiger partial charge in [-0.2, -0.15) is 5.10 Å². The first-order chi connectivity index (χ1) is 12.4. The fourth-order valence-electron chi connectivity index (χ4n) is 3.12. The largest absolute Gasteiger partial charge is 0.478 e. The van der Waals surface area contributed by atoms with E-state index in [-0.39, 0.29) is 17.0 Å². The Balaban J connectivity index is 1.76. The fourth-order valence-corrected chi connectivity index (χ4v) is 3.12. The van der Waals surface area contributed by atoms with E-state index in [2.05, 4.69) is 10.4 Å². The number of rotatable bonds is 4. The zero-order chi connectivity index (χ0) is 18.8. The minimum absolute atomic E-state index is 0.0274. The van der Waals surface area contributed by atoms with Crippen molar-refractivity contribution in [2.45, 2.75) is 25.8 Å². The Labute approximate surface area is 150 Å². The van der Waals surface area contributed by atoms with Gasteiger partial charge in [-0.25, -0.2) is 4.79 Å². The van der Waals surface area contributed by atoms with Crippen LogP contribution in [0.3, 0.4) is 0 Å². The summed E-state index contributed by atoms with van der Waals surface area (Å²) in [5.74, 6) is -1.07. The summed E-state index contributed by atoms with van der Waals surface area (Å²) in [5, 5.41) is 16.0. The Hall–Kier alpha value is -3.16. The number of aromatic nitrogens is 2. The first-order valence-corrected chi connectivity index (χ1v) is 8.33. The van der Waals surface area contributed by atoms with E-state index in [9.17, 15) is 14.4 Å². The molecule has 1 unspecified atom stereocenters. The molecule has 1 fully saturated rings. The fraction of sp³-hybridized carbons (Fsp3) is 0.333. The van der Waals surface area contributed by atoms with E-state index in [4.69, 9.17) is 5.11 Å². The van der Waals surface area contributed by atoms with Gasteiger partial charge in [0.1, 0.15) is 11.9 Å². The van der Waals surface area contributed by atoms with Crippen molar-refractivity contribution in [3.63, 3.8) is 0 Å². The standard InChI is InChI=1S/C18H20N4O4/c1-11-9-15(21(2)20-11)22-8-4-7-14(17(22)24)19-16(23)12-5-3-6-13(10-12)18(25)26/h3,5-6,9-10,14H,4,7-8H2,1-2H3,(H,19,23)(H,25,26). The summed E-state index contributed by atoms with van der Waals surface area (Å²) in [5.41, 5.74) is 1.05. The summed E-state index contributed by atoms with van der Waals surface area (Å²) in [6, 6.07) is 6.92. The number of amides is 2. The molecule has 0 spiro atoms. The van der Waals surface area contributed by atoms with Crippen LogP contribution in [-0.4, -0.2) is 45.3 Å². The minimum atomic E-state index is -1.11. The third-order valence-electron chi connectivity index (χ3n) is 4.37. The molecule has 1 saturated heterocycles. The summed E-state index contributed by atoms with van der Waals surface area (Å²) in [4.78, 5) is 37.9. The van der Waals surface area contributed by atoms with E-state index < -0.39 is 17.9 Å². The van der Waals surface area contributed by atoms with Crippen LogP contribution in [-0.2, 0) is 11.8 Å². The molecule has 3 rings (SSSR count). The highest BCUT2D eigenvalue weighted by Gasteiger charge is 2.32. The molecule has 26 heavy (non-hydrogen) atoms. The lowest BCUT2D eigenvalue weighted by molar-refractivity contribution is -0.121. The lowest BCUT2D eigenvalue weighted by atomic mass is 10.0. The first kappa shape index (κ1) is 17.7. The van der Waals surface area contributed by atoms with Crippen LogP contribution in [0.5, 0.6) is 0 Å². The smallest absolute Gasteiger partial charge is 0.335 e. The molecule has 2 amide bonds. The average molecular weight is 356 g/mol. The van der Waals surface area contributed by atoms with Gasteiger partial charge in [0.25, 0.3) is 11.8 Å². The number of benzene rings is 1. The molecule has 1 aliphatic heterocycles. The number of piperidine rings is 1. The molecule has 1 aliphatic rings. The predicted molar refractivity (Wildman–Crippen MR) is 94.2 cm³/mol. The molecule has 2 heterocycles. The predicted octanol–water partition coefficient (Wildman–Crippen LogP) is 1.35. The maximum atomic E-state index is 12.8. The SMILES string of the molecule is Cc1cc(N2CCCC(NC(=O)c3cccc(C(=O)O)c3)C2=O)n(C)n1. The van der Waals surface area contributed by atoms with Crippen LogP contribution in [0.4, 0.5) is 5.82 Å². The number of carbonyl (C=O) groups is 3. The number of hydrogen-bond donors (Lipinski definition) is 2. The number of aryl methyl sites for hydroxylation is 2. The van der Waals surface area contributed by atoms with Crippen LogP contribution < -0.4 is 10.2 Å². The number of hydrogen-bond acceptors (Lipinski definition) is 4. The van der Waals surface area contributed by atoms with Gasteiger partial charge in [0, 0.05) is 25.2 Å². The van der Waals surface area contributed by atoms with Crippen molar-refractivity contribution in [1.29, 1.82) is 0 Å². The second-order valence-corrected chi connectivity index (χ2v) is 6.31. The van der Waals surface area contributed by atoms with Gasteiger partial charge in [0.15, 0.2) is 0 Å². The molecule has 0 aliphatic carbocycles. The summed E-state index contributed by atoms with van der Waals surface area (Å²) in [6.07, 6.45) is 1.28. The second kappa shape index (κ2) is 6.99. The van der Waals surface area contributed by atoms with Crippen LogP contribution in [0.15, 0.2) is 30.3 Å². The number of anilines is 1. The number of carbonyl (C=O) groups excluding carboxylic acids is 2. The third-order valence-corrected chi connectivity index (χ3v) is 4.37. The highest BCUT2D eigenvalue weighted by Crippen LogP contribution is 2.22. The van der Waals surface area contributed by atoms with Crippen LogP contribution in [0.25, 0.3) is 0 Å². The normalized spacial score (nSPS) is 17.2. The summed E-state index contributed by atoms with van der Waals surface area (Å²) in [6.45, 7) is 2.42. The van der Waals surface area contributed by atoms with Gasteiger partial charge in [-0.3, -0.25) is 19.2 Å². The Kier molecular flexibility index (Phi) is 4.75. The van der Waals surface area contributed by atoms with Gasteiger partial charge in [0.2, 0.25) is 0 Å². The van der Waals surface area contributed by atoms with Crippen molar-refractivity contribution >= 4 is 23.6 Å². The number of nitrogens with zero attached hydrogens (tertiary/aromatic N) is 3. The molecular weight excluding hydrogens is 336 g/mol. The third kappa shape index (κ3) is 3.44. The zero-order valence-corrected chi connectivity index (χ0v) is 14.6. The Morgan fingerprint density at radius 2 is 2.00 bits per heavy atom. The van der Waals surface area contributed by atoms with E-state index in [1.165, 1.54) is 24.3 Å². The van der Waals surface area contributed by atoms with Gasteiger partial charge in [-0.05, 0) is 38.0 Å². The van der Waals surface area contributed by atoms with E-state index in [1.807, 2.05) is 13.0 Å². The van der Waals surface area contributed by atoms with Crippen molar-refractivity contribution in [2.75, 3.05) is 11.4 Å². The lowest BCUT2D eigenvalue weighted by Gasteiger charge is -2.32. The van der Waals surface area contributed by atoms with Crippen molar-refractivity contribution in [3.05, 3.63) is 47.2 Å². The number of carboxylic acid groups (broad SMARTS) is 1. The van der Waals surface area contributed by atoms with Gasteiger partial charge >= 0.3 is 5.97 Å². The quantitative estimate of drug-likeness (QED) is 0.860. The van der Waals surface area contributed by atoms with Crippen LogP contribution in [0, 0.1) is 6.92 Å². The van der Waals surface area contributed by atoms with Crippen molar-refractivity contribution in [1.82, 2.24) is 15.1 Å². The Morgan fingerprint density at radius 1 is 1.27 bits per heavy atom. The van der Waals surface area contributed by atoms with Gasteiger partial charge in [-0.1, -0.05) is 6.07 Å². The van der Waals surface area contributed by atoms with Crippen molar-refractivity contribution < 1.29 is 19.5 Å².